The van der Waals surface area contributed by atoms with Crippen molar-refractivity contribution >= 4 is 0 Å². The van der Waals surface area contributed by atoms with Gasteiger partial charge in [0.15, 0.2) is 0 Å². The van der Waals surface area contributed by atoms with Crippen LogP contribution in [0.2, 0.25) is 0 Å². The summed E-state index contributed by atoms with van der Waals surface area (Å²) in [4.78, 5) is 7.49. The Morgan fingerprint density at radius 3 is 2.54 bits per heavy atom. The van der Waals surface area contributed by atoms with Crippen LogP contribution < -0.4 is 5.32 Å². The summed E-state index contributed by atoms with van der Waals surface area (Å²) in [6, 6.07) is 0. The maximum Gasteiger partial charge on any atom is 0.115 e. The highest BCUT2D eigenvalue weighted by Gasteiger charge is 2.17. The first kappa shape index (κ1) is 10.0. The van der Waals surface area contributed by atoms with Gasteiger partial charge in [-0.1, -0.05) is 0 Å². The Morgan fingerprint density at radius 1 is 1.38 bits per heavy atom. The van der Waals surface area contributed by atoms with E-state index in [1.165, 1.54) is 18.7 Å². The molecule has 1 aromatic heterocycles. The van der Waals surface area contributed by atoms with Crippen LogP contribution in [0, 0.1) is 0 Å². The number of aliphatic hydroxyl groups excluding tert-OH is 2. The lowest BCUT2D eigenvalue weighted by Crippen LogP contribution is -2.29. The van der Waals surface area contributed by atoms with Crippen LogP contribution in [0.4, 0.5) is 0 Å². The average Bonchev–Trinajstić information content (AvgIpc) is 2.18. The third-order valence-electron chi connectivity index (χ3n) is 1.70. The Bertz CT molecular complexity index is 242. The van der Waals surface area contributed by atoms with E-state index < -0.39 is 12.2 Å². The van der Waals surface area contributed by atoms with E-state index in [1.54, 1.807) is 7.05 Å². The van der Waals surface area contributed by atoms with Crippen molar-refractivity contribution in [1.29, 1.82) is 0 Å². The fourth-order valence-corrected chi connectivity index (χ4v) is 1.01. The summed E-state index contributed by atoms with van der Waals surface area (Å²) in [5.74, 6) is 0. The van der Waals surface area contributed by atoms with Gasteiger partial charge in [-0.15, -0.1) is 0 Å². The van der Waals surface area contributed by atoms with Gasteiger partial charge in [-0.25, -0.2) is 9.97 Å². The standard InChI is InChI=1S/C8H13N3O2/c1-9-4-7(12)8(13)6-2-10-5-11-3-6/h2-3,5,7-9,12-13H,4H2,1H3. The monoisotopic (exact) mass is 183 g/mol. The van der Waals surface area contributed by atoms with Crippen molar-refractivity contribution in [1.82, 2.24) is 15.3 Å². The minimum Gasteiger partial charge on any atom is -0.389 e. The van der Waals surface area contributed by atoms with Gasteiger partial charge in [0.2, 0.25) is 0 Å². The van der Waals surface area contributed by atoms with E-state index in [-0.39, 0.29) is 0 Å². The van der Waals surface area contributed by atoms with E-state index in [4.69, 9.17) is 0 Å². The molecule has 0 aliphatic rings. The molecular weight excluding hydrogens is 170 g/mol. The van der Waals surface area contributed by atoms with Gasteiger partial charge in [0.05, 0.1) is 6.10 Å². The number of likely N-dealkylation sites (N-methyl/N-ethyl adjacent to an activating group) is 1. The molecule has 1 aromatic rings. The molecule has 5 heteroatoms. The van der Waals surface area contributed by atoms with Gasteiger partial charge in [-0.3, -0.25) is 0 Å². The summed E-state index contributed by atoms with van der Waals surface area (Å²) in [6.45, 7) is 0.329. The molecule has 2 unspecified atom stereocenters. The van der Waals surface area contributed by atoms with Crippen molar-refractivity contribution in [3.05, 3.63) is 24.3 Å². The molecule has 3 N–H and O–H groups in total. The minimum atomic E-state index is -0.936. The number of nitrogens with zero attached hydrogens (tertiary/aromatic N) is 2. The zero-order chi connectivity index (χ0) is 9.68. The molecule has 72 valence electrons. The normalized spacial score (nSPS) is 15.3. The predicted molar refractivity (Wildman–Crippen MR) is 46.9 cm³/mol. The fourth-order valence-electron chi connectivity index (χ4n) is 1.01. The number of nitrogens with one attached hydrogen (secondary N) is 1. The highest BCUT2D eigenvalue weighted by Crippen LogP contribution is 2.13. The molecule has 1 heterocycles. The zero-order valence-electron chi connectivity index (χ0n) is 7.38. The number of rotatable bonds is 4. The highest BCUT2D eigenvalue weighted by molar-refractivity contribution is 5.08. The van der Waals surface area contributed by atoms with Crippen molar-refractivity contribution in [2.45, 2.75) is 12.2 Å². The van der Waals surface area contributed by atoms with Gasteiger partial charge in [0.1, 0.15) is 12.4 Å². The van der Waals surface area contributed by atoms with Crippen molar-refractivity contribution in [2.24, 2.45) is 0 Å². The van der Waals surface area contributed by atoms with Crippen LogP contribution in [0.3, 0.4) is 0 Å². The zero-order valence-corrected chi connectivity index (χ0v) is 7.38. The van der Waals surface area contributed by atoms with Crippen LogP contribution in [0.15, 0.2) is 18.7 Å². The third-order valence-corrected chi connectivity index (χ3v) is 1.70. The molecule has 5 nitrogen and oxygen atoms in total. The van der Waals surface area contributed by atoms with Gasteiger partial charge in [0.25, 0.3) is 0 Å². The van der Waals surface area contributed by atoms with Crippen molar-refractivity contribution in [2.75, 3.05) is 13.6 Å². The minimum absolute atomic E-state index is 0.329. The van der Waals surface area contributed by atoms with E-state index in [2.05, 4.69) is 15.3 Å². The summed E-state index contributed by atoms with van der Waals surface area (Å²) in [6.07, 6.45) is 2.57. The van der Waals surface area contributed by atoms with Crippen LogP contribution >= 0.6 is 0 Å². The van der Waals surface area contributed by atoms with Gasteiger partial charge in [-0.2, -0.15) is 0 Å². The van der Waals surface area contributed by atoms with Crippen LogP contribution in [0.5, 0.6) is 0 Å². The number of aliphatic hydroxyl groups is 2. The number of hydrogen-bond donors (Lipinski definition) is 3. The SMILES string of the molecule is CNCC(O)C(O)c1cncnc1. The van der Waals surface area contributed by atoms with E-state index in [0.29, 0.717) is 12.1 Å². The Labute approximate surface area is 76.5 Å². The van der Waals surface area contributed by atoms with Crippen LogP contribution in [-0.2, 0) is 0 Å². The molecular formula is C8H13N3O2. The molecule has 0 amide bonds. The Hall–Kier alpha value is -1.04. The second kappa shape index (κ2) is 4.86. The summed E-state index contributed by atoms with van der Waals surface area (Å²) in [5.41, 5.74) is 0.519. The molecule has 0 saturated carbocycles. The van der Waals surface area contributed by atoms with Crippen LogP contribution in [0.25, 0.3) is 0 Å². The third kappa shape index (κ3) is 2.73. The first-order chi connectivity index (χ1) is 6.25. The van der Waals surface area contributed by atoms with Crippen LogP contribution in [0.1, 0.15) is 11.7 Å². The van der Waals surface area contributed by atoms with Gasteiger partial charge in [-0.05, 0) is 7.05 Å². The molecule has 0 aliphatic carbocycles. The molecule has 0 spiro atoms. The van der Waals surface area contributed by atoms with E-state index in [0.717, 1.165) is 0 Å². The summed E-state index contributed by atoms with van der Waals surface area (Å²) in [5, 5.41) is 21.7. The largest absolute Gasteiger partial charge is 0.389 e. The second-order valence-electron chi connectivity index (χ2n) is 2.74. The molecule has 13 heavy (non-hydrogen) atoms. The molecule has 0 saturated heterocycles. The summed E-state index contributed by atoms with van der Waals surface area (Å²) < 4.78 is 0. The highest BCUT2D eigenvalue weighted by atomic mass is 16.3. The van der Waals surface area contributed by atoms with Gasteiger partial charge >= 0.3 is 0 Å². The van der Waals surface area contributed by atoms with Crippen molar-refractivity contribution < 1.29 is 10.2 Å². The lowest BCUT2D eigenvalue weighted by atomic mass is 10.1. The van der Waals surface area contributed by atoms with Crippen molar-refractivity contribution in [3.8, 4) is 0 Å². The second-order valence-corrected chi connectivity index (χ2v) is 2.74. The lowest BCUT2D eigenvalue weighted by Gasteiger charge is -2.16. The molecule has 0 radical (unpaired) electrons. The van der Waals surface area contributed by atoms with E-state index >= 15 is 0 Å². The van der Waals surface area contributed by atoms with Gasteiger partial charge < -0.3 is 15.5 Å². The Morgan fingerprint density at radius 2 is 2.00 bits per heavy atom. The molecule has 2 atom stereocenters. The van der Waals surface area contributed by atoms with E-state index in [9.17, 15) is 10.2 Å². The van der Waals surface area contributed by atoms with E-state index in [1.807, 2.05) is 0 Å². The Kier molecular flexibility index (Phi) is 3.75. The average molecular weight is 183 g/mol. The molecule has 0 fully saturated rings. The lowest BCUT2D eigenvalue weighted by molar-refractivity contribution is 0.0198. The summed E-state index contributed by atoms with van der Waals surface area (Å²) >= 11 is 0. The van der Waals surface area contributed by atoms with Gasteiger partial charge in [0, 0.05) is 24.5 Å². The number of hydrogen-bond acceptors (Lipinski definition) is 5. The maximum atomic E-state index is 9.55. The number of aromatic nitrogens is 2. The molecule has 1 rings (SSSR count). The first-order valence-electron chi connectivity index (χ1n) is 4.01. The Balaban J connectivity index is 2.62. The predicted octanol–water partition coefficient (Wildman–Crippen LogP) is -0.910. The maximum absolute atomic E-state index is 9.55. The topological polar surface area (TPSA) is 78.3 Å². The molecule has 0 aliphatic heterocycles. The summed E-state index contributed by atoms with van der Waals surface area (Å²) in [7, 11) is 1.71. The quantitative estimate of drug-likeness (QED) is 0.563. The molecule has 0 aromatic carbocycles. The fraction of sp³-hybridized carbons (Fsp3) is 0.500. The van der Waals surface area contributed by atoms with Crippen LogP contribution in [-0.4, -0.2) is 39.9 Å². The van der Waals surface area contributed by atoms with Crippen molar-refractivity contribution in [3.63, 3.8) is 0 Å². The first-order valence-corrected chi connectivity index (χ1v) is 4.01. The smallest absolute Gasteiger partial charge is 0.115 e. The molecule has 0 bridgehead atoms.